The highest BCUT2D eigenvalue weighted by atomic mass is 16.5. The highest BCUT2D eigenvalue weighted by Crippen LogP contribution is 2.45. The van der Waals surface area contributed by atoms with Gasteiger partial charge in [-0.3, -0.25) is 9.59 Å². The predicted molar refractivity (Wildman–Crippen MR) is 159 cm³/mol. The molecule has 0 saturated carbocycles. The van der Waals surface area contributed by atoms with E-state index in [1.54, 1.807) is 7.11 Å². The maximum atomic E-state index is 13.9. The molecule has 1 heterocycles. The summed E-state index contributed by atoms with van der Waals surface area (Å²) in [7, 11) is 1.66. The van der Waals surface area contributed by atoms with E-state index < -0.39 is 0 Å². The van der Waals surface area contributed by atoms with Gasteiger partial charge in [0.2, 0.25) is 0 Å². The zero-order chi connectivity index (χ0) is 28.2. The Morgan fingerprint density at radius 3 is 2.45 bits per heavy atom. The molecule has 0 saturated heterocycles. The van der Waals surface area contributed by atoms with Crippen molar-refractivity contribution in [1.82, 2.24) is 0 Å². The number of nitrogens with one attached hydrogen (secondary N) is 2. The van der Waals surface area contributed by atoms with Crippen molar-refractivity contribution in [3.63, 3.8) is 0 Å². The minimum Gasteiger partial charge on any atom is -0.497 e. The molecule has 0 radical (unpaired) electrons. The summed E-state index contributed by atoms with van der Waals surface area (Å²) < 4.78 is 10.5. The summed E-state index contributed by atoms with van der Waals surface area (Å²) in [5, 5.41) is 7.32. The molecule has 0 aromatic heterocycles. The highest BCUT2D eigenvalue weighted by Gasteiger charge is 2.36. The molecular weight excluding hydrogens is 502 g/mol. The van der Waals surface area contributed by atoms with Gasteiger partial charge >= 0.3 is 5.97 Å². The largest absolute Gasteiger partial charge is 0.497 e. The van der Waals surface area contributed by atoms with Crippen molar-refractivity contribution in [2.24, 2.45) is 0 Å². The predicted octanol–water partition coefficient (Wildman–Crippen LogP) is 6.37. The maximum Gasteiger partial charge on any atom is 0.302 e. The second kappa shape index (κ2) is 11.9. The highest BCUT2D eigenvalue weighted by molar-refractivity contribution is 6.01. The Balaban J connectivity index is 1.49. The molecule has 0 spiro atoms. The number of rotatable bonds is 8. The number of ether oxygens (including phenoxy) is 2. The SMILES string of the molecule is CCN(CCOC(C)=O)c1ccc(C2Nc3ccccc3NC3=C2C(=O)CC(c2ccc(OC)cc2)C3)c(C)c1. The Kier molecular flexibility index (Phi) is 8.10. The zero-order valence-corrected chi connectivity index (χ0v) is 23.6. The normalized spacial score (nSPS) is 18.1. The number of methoxy groups -OCH3 is 1. The van der Waals surface area contributed by atoms with Crippen LogP contribution in [0, 0.1) is 6.92 Å². The summed E-state index contributed by atoms with van der Waals surface area (Å²) in [6, 6.07) is 22.3. The number of fused-ring (bicyclic) bond motifs is 1. The van der Waals surface area contributed by atoms with E-state index in [9.17, 15) is 9.59 Å². The van der Waals surface area contributed by atoms with Crippen molar-refractivity contribution in [2.75, 3.05) is 42.3 Å². The third-order valence-electron chi connectivity index (χ3n) is 7.87. The lowest BCUT2D eigenvalue weighted by molar-refractivity contribution is -0.140. The number of esters is 1. The van der Waals surface area contributed by atoms with Crippen LogP contribution in [0.5, 0.6) is 5.75 Å². The molecule has 2 aliphatic rings. The Labute approximate surface area is 236 Å². The van der Waals surface area contributed by atoms with Crippen molar-refractivity contribution in [2.45, 2.75) is 45.6 Å². The van der Waals surface area contributed by atoms with Gasteiger partial charge < -0.3 is 25.0 Å². The summed E-state index contributed by atoms with van der Waals surface area (Å²) in [4.78, 5) is 27.3. The second-order valence-electron chi connectivity index (χ2n) is 10.4. The molecule has 7 heteroatoms. The monoisotopic (exact) mass is 539 g/mol. The molecule has 7 nitrogen and oxygen atoms in total. The fourth-order valence-corrected chi connectivity index (χ4v) is 5.79. The summed E-state index contributed by atoms with van der Waals surface area (Å²) >= 11 is 0. The van der Waals surface area contributed by atoms with Crippen LogP contribution in [0.15, 0.2) is 78.0 Å². The van der Waals surface area contributed by atoms with E-state index in [4.69, 9.17) is 9.47 Å². The number of ketones is 1. The van der Waals surface area contributed by atoms with E-state index in [2.05, 4.69) is 71.8 Å². The number of aryl methyl sites for hydroxylation is 1. The molecule has 0 bridgehead atoms. The third kappa shape index (κ3) is 5.69. The van der Waals surface area contributed by atoms with Crippen molar-refractivity contribution in [3.8, 4) is 5.75 Å². The average molecular weight is 540 g/mol. The van der Waals surface area contributed by atoms with Crippen LogP contribution in [0.1, 0.15) is 55.3 Å². The van der Waals surface area contributed by atoms with Crippen molar-refractivity contribution < 1.29 is 19.1 Å². The first kappa shape index (κ1) is 27.3. The topological polar surface area (TPSA) is 79.9 Å². The van der Waals surface area contributed by atoms with E-state index >= 15 is 0 Å². The number of carbonyl (C=O) groups excluding carboxylic acids is 2. The average Bonchev–Trinajstić information content (AvgIpc) is 3.12. The first-order valence-electron chi connectivity index (χ1n) is 13.9. The second-order valence-corrected chi connectivity index (χ2v) is 10.4. The molecule has 5 rings (SSSR count). The number of hydrogen-bond donors (Lipinski definition) is 2. The maximum absolute atomic E-state index is 13.9. The number of benzene rings is 3. The van der Waals surface area contributed by atoms with Crippen molar-refractivity contribution >= 4 is 28.8 Å². The molecule has 0 amide bonds. The van der Waals surface area contributed by atoms with Gasteiger partial charge in [-0.15, -0.1) is 0 Å². The number of para-hydroxylation sites is 2. The number of hydrogen-bond acceptors (Lipinski definition) is 7. The van der Waals surface area contributed by atoms with E-state index in [-0.39, 0.29) is 23.7 Å². The quantitative estimate of drug-likeness (QED) is 0.322. The minimum absolute atomic E-state index is 0.0920. The lowest BCUT2D eigenvalue weighted by Gasteiger charge is -2.31. The Morgan fingerprint density at radius 1 is 1.02 bits per heavy atom. The van der Waals surface area contributed by atoms with Crippen LogP contribution in [0.4, 0.5) is 17.1 Å². The van der Waals surface area contributed by atoms with Gasteiger partial charge in [0.15, 0.2) is 5.78 Å². The number of likely N-dealkylation sites (N-methyl/N-ethyl adjacent to an activating group) is 1. The number of anilines is 3. The Bertz CT molecular complexity index is 1430. The van der Waals surface area contributed by atoms with Gasteiger partial charge in [0.05, 0.1) is 31.1 Å². The summed E-state index contributed by atoms with van der Waals surface area (Å²) in [5.41, 5.74) is 8.08. The van der Waals surface area contributed by atoms with Crippen LogP contribution in [0.25, 0.3) is 0 Å². The third-order valence-corrected chi connectivity index (χ3v) is 7.87. The molecule has 3 aromatic rings. The van der Waals surface area contributed by atoms with Crippen molar-refractivity contribution in [1.29, 1.82) is 0 Å². The van der Waals surface area contributed by atoms with E-state index in [1.807, 2.05) is 24.3 Å². The summed E-state index contributed by atoms with van der Waals surface area (Å²) in [6.07, 6.45) is 1.20. The van der Waals surface area contributed by atoms with Crippen LogP contribution < -0.4 is 20.3 Å². The molecule has 1 aliphatic carbocycles. The minimum atomic E-state index is -0.277. The molecule has 0 fully saturated rings. The first-order valence-corrected chi connectivity index (χ1v) is 13.9. The Hall–Kier alpha value is -4.26. The summed E-state index contributed by atoms with van der Waals surface area (Å²) in [5.74, 6) is 0.782. The van der Waals surface area contributed by atoms with Gasteiger partial charge in [-0.2, -0.15) is 0 Å². The number of nitrogens with zero attached hydrogens (tertiary/aromatic N) is 1. The molecule has 3 aromatic carbocycles. The van der Waals surface area contributed by atoms with Crippen LogP contribution >= 0.6 is 0 Å². The fourth-order valence-electron chi connectivity index (χ4n) is 5.79. The van der Waals surface area contributed by atoms with Gasteiger partial charge in [-0.05, 0) is 79.3 Å². The molecule has 2 N–H and O–H groups in total. The standard InChI is InChI=1S/C33H37N3O4/c1-5-36(16-17-40-22(3)37)25-12-15-27(21(2)18-25)33-32-30(34-28-8-6-7-9-29(28)35-33)19-24(20-31(32)38)23-10-13-26(39-4)14-11-23/h6-15,18,24,33-35H,5,16-17,19-20H2,1-4H3. The Morgan fingerprint density at radius 2 is 1.77 bits per heavy atom. The van der Waals surface area contributed by atoms with Gasteiger partial charge in [-0.1, -0.05) is 30.3 Å². The smallest absolute Gasteiger partial charge is 0.302 e. The molecule has 40 heavy (non-hydrogen) atoms. The first-order chi connectivity index (χ1) is 19.4. The van der Waals surface area contributed by atoms with Gasteiger partial charge in [0.1, 0.15) is 12.4 Å². The lowest BCUT2D eigenvalue weighted by atomic mass is 9.78. The van der Waals surface area contributed by atoms with Crippen LogP contribution in [-0.2, 0) is 14.3 Å². The van der Waals surface area contributed by atoms with Crippen LogP contribution in [-0.4, -0.2) is 38.6 Å². The number of Topliss-reactive ketones (excluding diaryl/α,β-unsaturated/α-hetero) is 1. The van der Waals surface area contributed by atoms with Gasteiger partial charge in [-0.25, -0.2) is 0 Å². The fraction of sp³-hybridized carbons (Fsp3) is 0.333. The summed E-state index contributed by atoms with van der Waals surface area (Å²) in [6.45, 7) is 7.36. The molecular formula is C33H37N3O4. The number of allylic oxidation sites excluding steroid dienone is 1. The van der Waals surface area contributed by atoms with Gasteiger partial charge in [0.25, 0.3) is 0 Å². The van der Waals surface area contributed by atoms with Crippen molar-refractivity contribution in [3.05, 3.63) is 94.7 Å². The number of carbonyl (C=O) groups is 2. The van der Waals surface area contributed by atoms with E-state index in [0.29, 0.717) is 19.6 Å². The lowest BCUT2D eigenvalue weighted by Crippen LogP contribution is -2.28. The van der Waals surface area contributed by atoms with Crippen LogP contribution in [0.3, 0.4) is 0 Å². The van der Waals surface area contributed by atoms with Crippen LogP contribution in [0.2, 0.25) is 0 Å². The molecule has 2 atom stereocenters. The van der Waals surface area contributed by atoms with E-state index in [1.165, 1.54) is 6.92 Å². The molecule has 2 unspecified atom stereocenters. The molecule has 1 aliphatic heterocycles. The zero-order valence-electron chi connectivity index (χ0n) is 23.6. The van der Waals surface area contributed by atoms with E-state index in [0.717, 1.165) is 63.7 Å². The molecule has 208 valence electrons. The van der Waals surface area contributed by atoms with Gasteiger partial charge in [0, 0.05) is 36.8 Å².